The number of hydrogen-bond acceptors (Lipinski definition) is 5. The lowest BCUT2D eigenvalue weighted by Gasteiger charge is -2.22. The summed E-state index contributed by atoms with van der Waals surface area (Å²) in [4.78, 5) is 13.7. The van der Waals surface area contributed by atoms with E-state index in [1.165, 1.54) is 6.07 Å². The minimum atomic E-state index is -0.362. The van der Waals surface area contributed by atoms with Crippen molar-refractivity contribution < 1.29 is 14.9 Å². The van der Waals surface area contributed by atoms with E-state index in [4.69, 9.17) is 9.84 Å². The van der Waals surface area contributed by atoms with Gasteiger partial charge in [-0.15, -0.1) is 0 Å². The molecule has 1 heterocycles. The van der Waals surface area contributed by atoms with Gasteiger partial charge in [0, 0.05) is 38.0 Å². The standard InChI is InChI=1S/C16H28N2O4/c1-12(2)22-9-5-6-18-13(3)10-15(20)16(21)14(18)11-17(4)7-8-19/h10,12,19,21H,5-9,11H2,1-4H3. The van der Waals surface area contributed by atoms with Gasteiger partial charge in [-0.1, -0.05) is 0 Å². The first-order valence-electron chi connectivity index (χ1n) is 7.70. The Morgan fingerprint density at radius 1 is 1.41 bits per heavy atom. The summed E-state index contributed by atoms with van der Waals surface area (Å²) in [5.41, 5.74) is 1.05. The molecule has 1 aromatic heterocycles. The molecule has 0 aromatic carbocycles. The molecular weight excluding hydrogens is 284 g/mol. The summed E-state index contributed by atoms with van der Waals surface area (Å²) in [5.74, 6) is -0.208. The van der Waals surface area contributed by atoms with Crippen molar-refractivity contribution in [3.63, 3.8) is 0 Å². The molecule has 0 amide bonds. The van der Waals surface area contributed by atoms with Crippen LogP contribution >= 0.6 is 0 Å². The molecule has 0 saturated heterocycles. The topological polar surface area (TPSA) is 74.9 Å². The molecule has 0 fully saturated rings. The molecular formula is C16H28N2O4. The lowest BCUT2D eigenvalue weighted by Crippen LogP contribution is -2.26. The molecule has 0 aliphatic heterocycles. The van der Waals surface area contributed by atoms with E-state index in [9.17, 15) is 9.90 Å². The Hall–Kier alpha value is -1.37. The van der Waals surface area contributed by atoms with Crippen molar-refractivity contribution in [1.82, 2.24) is 9.47 Å². The highest BCUT2D eigenvalue weighted by Gasteiger charge is 2.14. The number of aliphatic hydroxyl groups excluding tert-OH is 1. The molecule has 0 unspecified atom stereocenters. The summed E-state index contributed by atoms with van der Waals surface area (Å²) in [5, 5.41) is 19.1. The van der Waals surface area contributed by atoms with Gasteiger partial charge in [0.25, 0.3) is 0 Å². The number of aromatic nitrogens is 1. The lowest BCUT2D eigenvalue weighted by atomic mass is 10.2. The Morgan fingerprint density at radius 3 is 2.68 bits per heavy atom. The summed E-state index contributed by atoms with van der Waals surface area (Å²) >= 11 is 0. The van der Waals surface area contributed by atoms with Crippen molar-refractivity contribution in [3.05, 3.63) is 27.7 Å². The van der Waals surface area contributed by atoms with Crippen LogP contribution in [-0.4, -0.2) is 52.6 Å². The van der Waals surface area contributed by atoms with E-state index in [1.807, 2.05) is 37.3 Å². The monoisotopic (exact) mass is 312 g/mol. The number of aryl methyl sites for hydroxylation is 1. The second-order valence-corrected chi connectivity index (χ2v) is 5.83. The van der Waals surface area contributed by atoms with Gasteiger partial charge in [0.1, 0.15) is 0 Å². The molecule has 0 saturated carbocycles. The molecule has 0 aliphatic carbocycles. The molecule has 0 aliphatic rings. The van der Waals surface area contributed by atoms with E-state index >= 15 is 0 Å². The summed E-state index contributed by atoms with van der Waals surface area (Å²) in [6, 6.07) is 1.45. The Bertz CT molecular complexity index is 526. The summed E-state index contributed by atoms with van der Waals surface area (Å²) in [6.07, 6.45) is 0.997. The molecule has 22 heavy (non-hydrogen) atoms. The van der Waals surface area contributed by atoms with E-state index in [1.54, 1.807) is 0 Å². The molecule has 6 nitrogen and oxygen atoms in total. The Kier molecular flexibility index (Phi) is 7.58. The van der Waals surface area contributed by atoms with Gasteiger partial charge in [-0.2, -0.15) is 0 Å². The fraction of sp³-hybridized carbons (Fsp3) is 0.688. The second kappa shape index (κ2) is 8.92. The van der Waals surface area contributed by atoms with Crippen LogP contribution in [0.1, 0.15) is 31.7 Å². The van der Waals surface area contributed by atoms with Crippen LogP contribution in [0.5, 0.6) is 5.75 Å². The van der Waals surface area contributed by atoms with Gasteiger partial charge in [-0.05, 0) is 34.2 Å². The van der Waals surface area contributed by atoms with Crippen molar-refractivity contribution in [1.29, 1.82) is 0 Å². The van der Waals surface area contributed by atoms with Gasteiger partial charge in [0.2, 0.25) is 5.43 Å². The zero-order valence-electron chi connectivity index (χ0n) is 14.0. The third-order valence-corrected chi connectivity index (χ3v) is 3.48. The average molecular weight is 312 g/mol. The van der Waals surface area contributed by atoms with Gasteiger partial charge in [0.15, 0.2) is 5.75 Å². The number of nitrogens with zero attached hydrogens (tertiary/aromatic N) is 2. The maximum atomic E-state index is 11.8. The fourth-order valence-corrected chi connectivity index (χ4v) is 2.34. The van der Waals surface area contributed by atoms with Crippen LogP contribution in [-0.2, 0) is 17.8 Å². The molecule has 0 atom stereocenters. The van der Waals surface area contributed by atoms with Gasteiger partial charge in [-0.3, -0.25) is 9.69 Å². The third-order valence-electron chi connectivity index (χ3n) is 3.48. The van der Waals surface area contributed by atoms with E-state index < -0.39 is 0 Å². The second-order valence-electron chi connectivity index (χ2n) is 5.83. The van der Waals surface area contributed by atoms with Crippen molar-refractivity contribution in [2.75, 3.05) is 26.8 Å². The number of pyridine rings is 1. The smallest absolute Gasteiger partial charge is 0.223 e. The minimum Gasteiger partial charge on any atom is -0.503 e. The first kappa shape index (κ1) is 18.7. The molecule has 0 bridgehead atoms. The molecule has 1 aromatic rings. The Balaban J connectivity index is 2.93. The highest BCUT2D eigenvalue weighted by Crippen LogP contribution is 2.17. The largest absolute Gasteiger partial charge is 0.503 e. The van der Waals surface area contributed by atoms with E-state index in [2.05, 4.69) is 0 Å². The summed E-state index contributed by atoms with van der Waals surface area (Å²) in [7, 11) is 1.84. The minimum absolute atomic E-state index is 0.0372. The van der Waals surface area contributed by atoms with Crippen LogP contribution < -0.4 is 5.43 Å². The average Bonchev–Trinajstić information content (AvgIpc) is 2.43. The Morgan fingerprint density at radius 2 is 2.09 bits per heavy atom. The van der Waals surface area contributed by atoms with Gasteiger partial charge < -0.3 is 19.5 Å². The number of likely N-dealkylation sites (N-methyl/N-ethyl adjacent to an activating group) is 1. The Labute approximate surface area is 131 Å². The predicted molar refractivity (Wildman–Crippen MR) is 86.2 cm³/mol. The molecule has 1 rings (SSSR count). The van der Waals surface area contributed by atoms with Crippen LogP contribution in [0.15, 0.2) is 10.9 Å². The van der Waals surface area contributed by atoms with Crippen LogP contribution in [0.25, 0.3) is 0 Å². The summed E-state index contributed by atoms with van der Waals surface area (Å²) < 4.78 is 7.49. The van der Waals surface area contributed by atoms with E-state index in [0.29, 0.717) is 31.9 Å². The quantitative estimate of drug-likeness (QED) is 0.668. The highest BCUT2D eigenvalue weighted by atomic mass is 16.5. The SMILES string of the molecule is Cc1cc(=O)c(O)c(CN(C)CCO)n1CCCOC(C)C. The van der Waals surface area contributed by atoms with Crippen molar-refractivity contribution >= 4 is 0 Å². The molecule has 126 valence electrons. The van der Waals surface area contributed by atoms with Crippen LogP contribution in [0.2, 0.25) is 0 Å². The lowest BCUT2D eigenvalue weighted by molar-refractivity contribution is 0.0745. The van der Waals surface area contributed by atoms with Gasteiger partial charge in [-0.25, -0.2) is 0 Å². The van der Waals surface area contributed by atoms with Crippen LogP contribution in [0, 0.1) is 6.92 Å². The molecule has 0 spiro atoms. The number of rotatable bonds is 9. The van der Waals surface area contributed by atoms with Gasteiger partial charge in [0.05, 0.1) is 18.4 Å². The first-order chi connectivity index (χ1) is 10.4. The third kappa shape index (κ3) is 5.44. The van der Waals surface area contributed by atoms with Crippen molar-refractivity contribution in [2.45, 2.75) is 46.4 Å². The zero-order valence-corrected chi connectivity index (χ0v) is 14.0. The number of aliphatic hydroxyl groups is 1. The maximum absolute atomic E-state index is 11.8. The molecule has 2 N–H and O–H groups in total. The van der Waals surface area contributed by atoms with Crippen LogP contribution in [0.3, 0.4) is 0 Å². The highest BCUT2D eigenvalue weighted by molar-refractivity contribution is 5.29. The number of aromatic hydroxyl groups is 1. The molecule has 0 radical (unpaired) electrons. The van der Waals surface area contributed by atoms with Crippen LogP contribution in [0.4, 0.5) is 0 Å². The maximum Gasteiger partial charge on any atom is 0.223 e. The van der Waals surface area contributed by atoms with E-state index in [-0.39, 0.29) is 23.9 Å². The number of ether oxygens (including phenoxy) is 1. The first-order valence-corrected chi connectivity index (χ1v) is 7.70. The van der Waals surface area contributed by atoms with Crippen molar-refractivity contribution in [2.24, 2.45) is 0 Å². The van der Waals surface area contributed by atoms with Gasteiger partial charge >= 0.3 is 0 Å². The number of hydrogen-bond donors (Lipinski definition) is 2. The zero-order chi connectivity index (χ0) is 16.7. The fourth-order valence-electron chi connectivity index (χ4n) is 2.34. The van der Waals surface area contributed by atoms with Crippen molar-refractivity contribution in [3.8, 4) is 5.75 Å². The molecule has 6 heteroatoms. The summed E-state index contributed by atoms with van der Waals surface area (Å²) in [6.45, 7) is 8.09. The predicted octanol–water partition coefficient (Wildman–Crippen LogP) is 1.10. The van der Waals surface area contributed by atoms with E-state index in [0.717, 1.165) is 12.1 Å². The normalized spacial score (nSPS) is 11.6.